The van der Waals surface area contributed by atoms with Crippen LogP contribution in [-0.4, -0.2) is 17.4 Å². The summed E-state index contributed by atoms with van der Waals surface area (Å²) in [5, 5.41) is 1.14. The van der Waals surface area contributed by atoms with Gasteiger partial charge in [-0.3, -0.25) is 9.98 Å². The van der Waals surface area contributed by atoms with E-state index in [2.05, 4.69) is 126 Å². The molecule has 2 aromatic heterocycles. The lowest BCUT2D eigenvalue weighted by Gasteiger charge is -2.32. The van der Waals surface area contributed by atoms with Gasteiger partial charge in [0.15, 0.2) is 0 Å². The number of fused-ring (bicyclic) bond motifs is 3. The molecule has 0 spiro atoms. The Bertz CT molecular complexity index is 1910. The van der Waals surface area contributed by atoms with E-state index in [4.69, 9.17) is 14.4 Å². The van der Waals surface area contributed by atoms with Crippen molar-refractivity contribution in [2.75, 3.05) is 0 Å². The zero-order valence-electron chi connectivity index (χ0n) is 25.0. The molecule has 0 saturated heterocycles. The van der Waals surface area contributed by atoms with Crippen LogP contribution in [0, 0.1) is 19.3 Å². The summed E-state index contributed by atoms with van der Waals surface area (Å²) in [6, 6.07) is 28.1. The molecule has 1 atom stereocenters. The van der Waals surface area contributed by atoms with Crippen LogP contribution in [0.4, 0.5) is 5.69 Å². The number of aromatic nitrogens is 1. The molecule has 2 aliphatic rings. The van der Waals surface area contributed by atoms with Gasteiger partial charge in [0.2, 0.25) is 6.71 Å². The molecule has 42 heavy (non-hydrogen) atoms. The van der Waals surface area contributed by atoms with E-state index in [9.17, 15) is 0 Å². The van der Waals surface area contributed by atoms with Crippen molar-refractivity contribution >= 4 is 45.6 Å². The van der Waals surface area contributed by atoms with Crippen LogP contribution in [0.5, 0.6) is 0 Å². The number of aliphatic imine (C=N–C) groups is 1. The Morgan fingerprint density at radius 2 is 1.67 bits per heavy atom. The molecule has 0 fully saturated rings. The molecule has 0 N–H and O–H groups in total. The summed E-state index contributed by atoms with van der Waals surface area (Å²) in [5.41, 5.74) is 13.0. The minimum Gasteiger partial charge on any atom is -0.456 e. The molecule has 4 heteroatoms. The predicted octanol–water partition coefficient (Wildman–Crippen LogP) is 8.42. The van der Waals surface area contributed by atoms with Crippen molar-refractivity contribution in [3.8, 4) is 11.3 Å². The van der Waals surface area contributed by atoms with Crippen molar-refractivity contribution < 1.29 is 4.42 Å². The lowest BCUT2D eigenvalue weighted by molar-refractivity contribution is 0.411. The smallest absolute Gasteiger partial charge is 0.225 e. The highest BCUT2D eigenvalue weighted by molar-refractivity contribution is 6.91. The highest BCUT2D eigenvalue weighted by Crippen LogP contribution is 2.36. The molecule has 0 amide bonds. The molecule has 0 bridgehead atoms. The Morgan fingerprint density at radius 3 is 2.48 bits per heavy atom. The molecule has 3 heterocycles. The maximum Gasteiger partial charge on any atom is 0.225 e. The van der Waals surface area contributed by atoms with Crippen molar-refractivity contribution in [2.24, 2.45) is 10.4 Å². The third kappa shape index (κ3) is 4.85. The van der Waals surface area contributed by atoms with Crippen molar-refractivity contribution in [1.82, 2.24) is 4.98 Å². The fraction of sp³-hybridized carbons (Fsp3) is 0.211. The van der Waals surface area contributed by atoms with Gasteiger partial charge in [0, 0.05) is 28.7 Å². The van der Waals surface area contributed by atoms with E-state index in [1.54, 1.807) is 0 Å². The van der Waals surface area contributed by atoms with Gasteiger partial charge in [0.05, 0.1) is 11.4 Å². The SMILES string of the molecule is Cc1cccc(C)c1B1c2ccccc2N=C2C=CC(c3cc(-c4cc5cc(CC(C)(C)C)ccc5o4)ccn3)=CC12. The number of nitrogens with zero attached hydrogens (tertiary/aromatic N) is 2. The molecule has 5 aromatic rings. The average molecular weight is 547 g/mol. The molecule has 0 saturated carbocycles. The van der Waals surface area contributed by atoms with E-state index in [-0.39, 0.29) is 17.9 Å². The first-order valence-corrected chi connectivity index (χ1v) is 14.9. The van der Waals surface area contributed by atoms with Gasteiger partial charge in [-0.2, -0.15) is 0 Å². The summed E-state index contributed by atoms with van der Waals surface area (Å²) < 4.78 is 6.32. The fourth-order valence-electron chi connectivity index (χ4n) is 6.71. The Labute approximate surface area is 248 Å². The van der Waals surface area contributed by atoms with Crippen LogP contribution in [0.25, 0.3) is 27.9 Å². The van der Waals surface area contributed by atoms with Gasteiger partial charge in [0.1, 0.15) is 11.3 Å². The van der Waals surface area contributed by atoms with Crippen LogP contribution < -0.4 is 10.9 Å². The molecule has 206 valence electrons. The van der Waals surface area contributed by atoms with Crippen LogP contribution in [0.15, 0.2) is 113 Å². The number of benzene rings is 3. The molecule has 0 radical (unpaired) electrons. The summed E-state index contributed by atoms with van der Waals surface area (Å²) in [6.45, 7) is 11.5. The van der Waals surface area contributed by atoms with E-state index in [0.717, 1.165) is 51.4 Å². The van der Waals surface area contributed by atoms with Gasteiger partial charge >= 0.3 is 0 Å². The number of aryl methyl sites for hydroxylation is 2. The second-order valence-corrected chi connectivity index (χ2v) is 13.0. The molecular weight excluding hydrogens is 511 g/mol. The van der Waals surface area contributed by atoms with Crippen LogP contribution in [0.1, 0.15) is 43.2 Å². The van der Waals surface area contributed by atoms with E-state index in [1.807, 2.05) is 12.3 Å². The molecule has 7 rings (SSSR count). The lowest BCUT2D eigenvalue weighted by atomic mass is 9.30. The summed E-state index contributed by atoms with van der Waals surface area (Å²) >= 11 is 0. The molecule has 3 aromatic carbocycles. The fourth-order valence-corrected chi connectivity index (χ4v) is 6.71. The number of hydrogen-bond acceptors (Lipinski definition) is 3. The van der Waals surface area contributed by atoms with Crippen molar-refractivity contribution in [3.63, 3.8) is 0 Å². The maximum atomic E-state index is 6.32. The van der Waals surface area contributed by atoms with E-state index in [0.29, 0.717) is 0 Å². The molecule has 1 aliphatic heterocycles. The number of hydrogen-bond donors (Lipinski definition) is 0. The summed E-state index contributed by atoms with van der Waals surface area (Å²) in [5.74, 6) is 0.988. The third-order valence-corrected chi connectivity index (χ3v) is 8.52. The first kappa shape index (κ1) is 26.5. The molecule has 1 unspecified atom stereocenters. The number of allylic oxidation sites excluding steroid dienone is 4. The summed E-state index contributed by atoms with van der Waals surface area (Å²) in [4.78, 5) is 9.91. The van der Waals surface area contributed by atoms with Crippen molar-refractivity contribution in [2.45, 2.75) is 46.9 Å². The highest BCUT2D eigenvalue weighted by Gasteiger charge is 2.38. The molecule has 1 aliphatic carbocycles. The number of para-hydroxylation sites is 1. The Hall–Kier alpha value is -4.44. The Kier molecular flexibility index (Phi) is 6.38. The van der Waals surface area contributed by atoms with E-state index in [1.165, 1.54) is 27.6 Å². The first-order valence-electron chi connectivity index (χ1n) is 14.9. The highest BCUT2D eigenvalue weighted by atomic mass is 16.3. The largest absolute Gasteiger partial charge is 0.456 e. The van der Waals surface area contributed by atoms with E-state index < -0.39 is 0 Å². The maximum absolute atomic E-state index is 6.32. The van der Waals surface area contributed by atoms with E-state index >= 15 is 0 Å². The summed E-state index contributed by atoms with van der Waals surface area (Å²) in [7, 11) is 0. The Morgan fingerprint density at radius 1 is 0.857 bits per heavy atom. The predicted molar refractivity (Wildman–Crippen MR) is 178 cm³/mol. The number of pyridine rings is 1. The second kappa shape index (κ2) is 10.1. The standard InChI is InChI=1S/C38H35BN2O/c1-24-9-8-10-25(2)37(24)39-30-11-6-7-12-32(30)41-33-15-14-27(20-31(33)39)34-21-28(17-18-40-34)36-22-29-19-26(23-38(3,4)5)13-16-35(29)42-36/h6-22,31H,23H2,1-5H3. The monoisotopic (exact) mass is 546 g/mol. The minimum atomic E-state index is 0.123. The molecular formula is C38H35BN2O. The zero-order valence-corrected chi connectivity index (χ0v) is 25.0. The van der Waals surface area contributed by atoms with Gasteiger partial charge in [-0.05, 0) is 84.8 Å². The van der Waals surface area contributed by atoms with Crippen LogP contribution in [0.3, 0.4) is 0 Å². The topological polar surface area (TPSA) is 38.4 Å². The average Bonchev–Trinajstić information content (AvgIpc) is 3.39. The quantitative estimate of drug-likeness (QED) is 0.212. The van der Waals surface area contributed by atoms with Crippen LogP contribution in [-0.2, 0) is 6.42 Å². The van der Waals surface area contributed by atoms with Gasteiger partial charge < -0.3 is 4.42 Å². The first-order chi connectivity index (χ1) is 20.2. The Balaban J connectivity index is 1.27. The van der Waals surface area contributed by atoms with Crippen molar-refractivity contribution in [1.29, 1.82) is 0 Å². The third-order valence-electron chi connectivity index (χ3n) is 8.52. The summed E-state index contributed by atoms with van der Waals surface area (Å²) in [6.07, 6.45) is 9.63. The molecule has 3 nitrogen and oxygen atoms in total. The minimum absolute atomic E-state index is 0.123. The number of rotatable bonds is 4. The number of furan rings is 1. The van der Waals surface area contributed by atoms with Gasteiger partial charge in [-0.25, -0.2) is 0 Å². The lowest BCUT2D eigenvalue weighted by Crippen LogP contribution is -2.52. The van der Waals surface area contributed by atoms with Crippen LogP contribution in [0.2, 0.25) is 5.82 Å². The van der Waals surface area contributed by atoms with Crippen LogP contribution >= 0.6 is 0 Å². The van der Waals surface area contributed by atoms with Gasteiger partial charge in [0.25, 0.3) is 0 Å². The zero-order chi connectivity index (χ0) is 29.0. The van der Waals surface area contributed by atoms with Gasteiger partial charge in [-0.1, -0.05) is 92.0 Å². The van der Waals surface area contributed by atoms with Gasteiger partial charge in [-0.15, -0.1) is 0 Å². The normalized spacial score (nSPS) is 16.2. The van der Waals surface area contributed by atoms with Crippen molar-refractivity contribution in [3.05, 3.63) is 126 Å². The second-order valence-electron chi connectivity index (χ2n) is 13.0.